The summed E-state index contributed by atoms with van der Waals surface area (Å²) in [5.41, 5.74) is -1.30. The molecule has 0 heterocycles. The summed E-state index contributed by atoms with van der Waals surface area (Å²) in [6.07, 6.45) is 2.71. The van der Waals surface area contributed by atoms with Gasteiger partial charge in [-0.05, 0) is 24.6 Å². The Morgan fingerprint density at radius 2 is 1.56 bits per heavy atom. The van der Waals surface area contributed by atoms with Crippen LogP contribution >= 0.6 is 0 Å². The lowest BCUT2D eigenvalue weighted by Gasteiger charge is -2.13. The van der Waals surface area contributed by atoms with Crippen molar-refractivity contribution in [2.75, 3.05) is 5.75 Å². The summed E-state index contributed by atoms with van der Waals surface area (Å²) in [6.45, 7) is 2.13. The Hall–Kier alpha value is -1.55. The van der Waals surface area contributed by atoms with Gasteiger partial charge < -0.3 is 0 Å². The second-order valence-electron chi connectivity index (χ2n) is 6.11. The topological polar surface area (TPSA) is 57.9 Å². The van der Waals surface area contributed by atoms with Gasteiger partial charge in [0.2, 0.25) is 0 Å². The van der Waals surface area contributed by atoms with E-state index in [0.29, 0.717) is 18.9 Å². The molecule has 1 aromatic carbocycles. The Balaban J connectivity index is 2.71. The Morgan fingerprint density at radius 3 is 2.08 bits per heavy atom. The van der Waals surface area contributed by atoms with Gasteiger partial charge in [0.1, 0.15) is 0 Å². The molecule has 0 aliphatic carbocycles. The second-order valence-corrected chi connectivity index (χ2v) is 8.19. The highest BCUT2D eigenvalue weighted by Crippen LogP contribution is 2.35. The third kappa shape index (κ3) is 7.07. The normalized spacial score (nSPS) is 12.1. The van der Waals surface area contributed by atoms with Crippen LogP contribution in [-0.2, 0) is 16.0 Å². The molecule has 0 unspecified atom stereocenters. The molecule has 0 aliphatic heterocycles. The lowest BCUT2D eigenvalue weighted by molar-refractivity contribution is -0.139. The van der Waals surface area contributed by atoms with E-state index in [1.165, 1.54) is 6.42 Å². The number of alkyl halides is 3. The number of nitriles is 1. The lowest BCUT2D eigenvalue weighted by atomic mass is 10.1. The van der Waals surface area contributed by atoms with Crippen molar-refractivity contribution in [1.82, 2.24) is 0 Å². The number of benzene rings is 1. The third-order valence-corrected chi connectivity index (χ3v) is 5.85. The molecule has 1 aromatic rings. The van der Waals surface area contributed by atoms with E-state index in [-0.39, 0.29) is 11.3 Å². The first-order valence-electron chi connectivity index (χ1n) is 8.56. The molecular formula is C18H24F3NO2S. The molecule has 0 aliphatic rings. The van der Waals surface area contributed by atoms with Crippen LogP contribution in [-0.4, -0.2) is 14.2 Å². The molecule has 1 rings (SSSR count). The minimum absolute atomic E-state index is 0.0949. The van der Waals surface area contributed by atoms with Gasteiger partial charge >= 0.3 is 6.18 Å². The highest BCUT2D eigenvalue weighted by molar-refractivity contribution is 7.91. The Kier molecular flexibility index (Phi) is 8.43. The summed E-state index contributed by atoms with van der Waals surface area (Å²) in [5.74, 6) is -0.333. The summed E-state index contributed by atoms with van der Waals surface area (Å²) < 4.78 is 63.8. The van der Waals surface area contributed by atoms with E-state index in [1.807, 2.05) is 0 Å². The van der Waals surface area contributed by atoms with Crippen molar-refractivity contribution in [2.24, 2.45) is 0 Å². The zero-order chi connectivity index (χ0) is 18.9. The molecule has 0 fully saturated rings. The van der Waals surface area contributed by atoms with Crippen LogP contribution in [0, 0.1) is 11.3 Å². The minimum Gasteiger partial charge on any atom is -0.224 e. The molecule has 3 nitrogen and oxygen atoms in total. The predicted molar refractivity (Wildman–Crippen MR) is 90.8 cm³/mol. The first-order chi connectivity index (χ1) is 11.7. The molecule has 140 valence electrons. The number of unbranched alkanes of at least 4 members (excludes halogenated alkanes) is 7. The highest BCUT2D eigenvalue weighted by atomic mass is 32.2. The maximum Gasteiger partial charge on any atom is 0.417 e. The SMILES string of the molecule is CCCCCCCCCCS(=O)(=O)c1cc(C#N)ccc1C(F)(F)F. The number of rotatable bonds is 10. The average molecular weight is 375 g/mol. The maximum atomic E-state index is 13.1. The molecule has 0 atom stereocenters. The molecular weight excluding hydrogens is 351 g/mol. The van der Waals surface area contributed by atoms with Crippen molar-refractivity contribution in [3.63, 3.8) is 0 Å². The van der Waals surface area contributed by atoms with Crippen LogP contribution in [0.4, 0.5) is 13.2 Å². The zero-order valence-corrected chi connectivity index (χ0v) is 15.2. The molecule has 0 N–H and O–H groups in total. The molecule has 0 spiro atoms. The first kappa shape index (κ1) is 21.5. The van der Waals surface area contributed by atoms with Crippen molar-refractivity contribution in [1.29, 1.82) is 5.26 Å². The largest absolute Gasteiger partial charge is 0.417 e. The minimum atomic E-state index is -4.77. The van der Waals surface area contributed by atoms with Crippen LogP contribution in [0.5, 0.6) is 0 Å². The number of hydrogen-bond donors (Lipinski definition) is 0. The number of hydrogen-bond acceptors (Lipinski definition) is 3. The fourth-order valence-corrected chi connectivity index (χ4v) is 4.25. The van der Waals surface area contributed by atoms with Gasteiger partial charge in [-0.25, -0.2) is 8.42 Å². The van der Waals surface area contributed by atoms with Crippen LogP contribution in [0.25, 0.3) is 0 Å². The average Bonchev–Trinajstić information content (AvgIpc) is 2.55. The Labute approximate surface area is 147 Å². The monoisotopic (exact) mass is 375 g/mol. The molecule has 0 bridgehead atoms. The molecule has 0 saturated carbocycles. The van der Waals surface area contributed by atoms with Crippen molar-refractivity contribution in [2.45, 2.75) is 69.4 Å². The van der Waals surface area contributed by atoms with Gasteiger partial charge in [0, 0.05) is 0 Å². The van der Waals surface area contributed by atoms with Crippen LogP contribution in [0.15, 0.2) is 23.1 Å². The van der Waals surface area contributed by atoms with Crippen molar-refractivity contribution < 1.29 is 21.6 Å². The van der Waals surface area contributed by atoms with E-state index in [9.17, 15) is 21.6 Å². The van der Waals surface area contributed by atoms with Gasteiger partial charge in [-0.3, -0.25) is 0 Å². The van der Waals surface area contributed by atoms with Crippen molar-refractivity contribution in [3.8, 4) is 6.07 Å². The van der Waals surface area contributed by atoms with E-state index >= 15 is 0 Å². The van der Waals surface area contributed by atoms with Crippen LogP contribution in [0.2, 0.25) is 0 Å². The van der Waals surface area contributed by atoms with Gasteiger partial charge in [0.05, 0.1) is 27.8 Å². The van der Waals surface area contributed by atoms with Gasteiger partial charge in [-0.1, -0.05) is 51.9 Å². The summed E-state index contributed by atoms with van der Waals surface area (Å²) in [5, 5.41) is 8.83. The molecule has 7 heteroatoms. The zero-order valence-electron chi connectivity index (χ0n) is 14.4. The van der Waals surface area contributed by atoms with E-state index in [0.717, 1.165) is 44.2 Å². The van der Waals surface area contributed by atoms with E-state index in [4.69, 9.17) is 5.26 Å². The summed E-state index contributed by atoms with van der Waals surface area (Å²) in [7, 11) is -4.08. The van der Waals surface area contributed by atoms with E-state index in [2.05, 4.69) is 6.92 Å². The van der Waals surface area contributed by atoms with Crippen molar-refractivity contribution >= 4 is 9.84 Å². The van der Waals surface area contributed by atoms with Crippen LogP contribution in [0.3, 0.4) is 0 Å². The Bertz CT molecular complexity index is 691. The fraction of sp³-hybridized carbons (Fsp3) is 0.611. The number of nitrogens with zero attached hydrogens (tertiary/aromatic N) is 1. The van der Waals surface area contributed by atoms with Crippen LogP contribution < -0.4 is 0 Å². The molecule has 0 radical (unpaired) electrons. The maximum absolute atomic E-state index is 13.1. The van der Waals surface area contributed by atoms with Gasteiger partial charge in [0.25, 0.3) is 0 Å². The smallest absolute Gasteiger partial charge is 0.224 e. The first-order valence-corrected chi connectivity index (χ1v) is 10.2. The third-order valence-electron chi connectivity index (χ3n) is 4.02. The highest BCUT2D eigenvalue weighted by Gasteiger charge is 2.37. The van der Waals surface area contributed by atoms with Gasteiger partial charge in [-0.15, -0.1) is 0 Å². The summed E-state index contributed by atoms with van der Waals surface area (Å²) >= 11 is 0. The standard InChI is InChI=1S/C18H24F3NO2S/c1-2-3-4-5-6-7-8-9-12-25(23,24)17-13-15(14-22)10-11-16(17)18(19,20)21/h10-11,13H,2-9,12H2,1H3. The van der Waals surface area contributed by atoms with Gasteiger partial charge in [-0.2, -0.15) is 18.4 Å². The molecule has 0 aromatic heterocycles. The summed E-state index contributed by atoms with van der Waals surface area (Å²) in [4.78, 5) is -0.790. The number of halogens is 3. The quantitative estimate of drug-likeness (QED) is 0.508. The molecule has 0 saturated heterocycles. The molecule has 25 heavy (non-hydrogen) atoms. The number of sulfone groups is 1. The van der Waals surface area contributed by atoms with Gasteiger partial charge in [0.15, 0.2) is 9.84 Å². The Morgan fingerprint density at radius 1 is 1.00 bits per heavy atom. The summed E-state index contributed by atoms with van der Waals surface area (Å²) in [6, 6.07) is 4.16. The second kappa shape index (κ2) is 9.81. The predicted octanol–water partition coefficient (Wildman–Crippen LogP) is 5.49. The van der Waals surface area contributed by atoms with Crippen molar-refractivity contribution in [3.05, 3.63) is 29.3 Å². The van der Waals surface area contributed by atoms with E-state index in [1.54, 1.807) is 6.07 Å². The fourth-order valence-electron chi connectivity index (χ4n) is 2.62. The van der Waals surface area contributed by atoms with Crippen LogP contribution in [0.1, 0.15) is 69.4 Å². The lowest BCUT2D eigenvalue weighted by Crippen LogP contribution is -2.16. The molecule has 0 amide bonds. The van der Waals surface area contributed by atoms with E-state index < -0.39 is 26.5 Å².